The third kappa shape index (κ3) is 1.63. The Balaban J connectivity index is 4.57. The zero-order chi connectivity index (χ0) is 8.58. The van der Waals surface area contributed by atoms with E-state index in [0.29, 0.717) is 0 Å². The van der Waals surface area contributed by atoms with E-state index < -0.39 is 16.3 Å². The first-order valence-corrected chi connectivity index (χ1v) is 3.08. The van der Waals surface area contributed by atoms with Gasteiger partial charge in [0.25, 0.3) is 0 Å². The number of aliphatic carboxylic acids is 1. The number of carboxylic acids is 1. The molecule has 0 aliphatic rings. The largest absolute Gasteiger partial charge is 0.480 e. The lowest BCUT2D eigenvalue weighted by molar-refractivity contribution is -0.150. The van der Waals surface area contributed by atoms with Crippen molar-refractivity contribution in [2.45, 2.75) is 17.3 Å². The number of halogens is 3. The number of nitrogens with two attached hydrogens (primary N) is 1. The molecule has 0 saturated carbocycles. The summed E-state index contributed by atoms with van der Waals surface area (Å²) in [4.78, 5) is 6.44. The van der Waals surface area contributed by atoms with E-state index in [0.717, 1.165) is 6.92 Å². The molecule has 3 N–H and O–H groups in total. The van der Waals surface area contributed by atoms with Crippen LogP contribution in [0.4, 0.5) is 8.78 Å². The molecule has 0 unspecified atom stereocenters. The maximum Gasteiger partial charge on any atom is 0.330 e. The Hall–Kier alpha value is -0.230. The van der Waals surface area contributed by atoms with Crippen molar-refractivity contribution in [2.24, 2.45) is 5.73 Å². The second kappa shape index (κ2) is 2.43. The van der Waals surface area contributed by atoms with Gasteiger partial charge in [0.2, 0.25) is 0 Å². The highest BCUT2D eigenvalue weighted by atomic mass is 79.9. The fraction of sp³-hybridized carbons (Fsp3) is 0.750. The SMILES string of the molecule is C[C@@](N)(C(=O)O)C(F)(F)Br. The summed E-state index contributed by atoms with van der Waals surface area (Å²) >= 11 is 1.86. The highest BCUT2D eigenvalue weighted by Crippen LogP contribution is 2.32. The highest BCUT2D eigenvalue weighted by Gasteiger charge is 2.51. The van der Waals surface area contributed by atoms with Crippen LogP contribution in [0.15, 0.2) is 0 Å². The summed E-state index contributed by atoms with van der Waals surface area (Å²) in [6, 6.07) is 0. The fourth-order valence-corrected chi connectivity index (χ4v) is 0.291. The van der Waals surface area contributed by atoms with Crippen molar-refractivity contribution < 1.29 is 18.7 Å². The first kappa shape index (κ1) is 9.77. The molecule has 0 heterocycles. The molecule has 6 heteroatoms. The number of hydrogen-bond acceptors (Lipinski definition) is 2. The first-order valence-electron chi connectivity index (χ1n) is 2.28. The number of carbonyl (C=O) groups is 1. The third-order valence-corrected chi connectivity index (χ3v) is 1.86. The minimum Gasteiger partial charge on any atom is -0.480 e. The Morgan fingerprint density at radius 1 is 1.70 bits per heavy atom. The number of hydrogen-bond donors (Lipinski definition) is 2. The van der Waals surface area contributed by atoms with Gasteiger partial charge in [-0.15, -0.1) is 0 Å². The van der Waals surface area contributed by atoms with Gasteiger partial charge < -0.3 is 10.8 Å². The smallest absolute Gasteiger partial charge is 0.330 e. The molecule has 0 aromatic rings. The van der Waals surface area contributed by atoms with Crippen LogP contribution in [0.25, 0.3) is 0 Å². The fourth-order valence-electron chi connectivity index (χ4n) is 0.121. The van der Waals surface area contributed by atoms with Gasteiger partial charge in [0.15, 0.2) is 5.54 Å². The van der Waals surface area contributed by atoms with Gasteiger partial charge >= 0.3 is 10.8 Å². The van der Waals surface area contributed by atoms with Crippen molar-refractivity contribution in [1.29, 1.82) is 0 Å². The van der Waals surface area contributed by atoms with Gasteiger partial charge in [0.1, 0.15) is 0 Å². The molecule has 0 spiro atoms. The number of alkyl halides is 3. The van der Waals surface area contributed by atoms with Crippen LogP contribution < -0.4 is 5.73 Å². The van der Waals surface area contributed by atoms with Gasteiger partial charge in [-0.3, -0.25) is 0 Å². The molecule has 10 heavy (non-hydrogen) atoms. The van der Waals surface area contributed by atoms with Gasteiger partial charge in [-0.2, -0.15) is 8.78 Å². The Morgan fingerprint density at radius 3 is 2.00 bits per heavy atom. The van der Waals surface area contributed by atoms with Crippen LogP contribution >= 0.6 is 15.9 Å². The molecule has 0 aromatic carbocycles. The summed E-state index contributed by atoms with van der Waals surface area (Å²) < 4.78 is 24.3. The summed E-state index contributed by atoms with van der Waals surface area (Å²) in [5.74, 6) is -1.76. The molecule has 0 aliphatic heterocycles. The van der Waals surface area contributed by atoms with E-state index >= 15 is 0 Å². The van der Waals surface area contributed by atoms with Crippen molar-refractivity contribution in [3.63, 3.8) is 0 Å². The quantitative estimate of drug-likeness (QED) is 0.673. The van der Waals surface area contributed by atoms with Crippen LogP contribution in [-0.2, 0) is 4.79 Å². The highest BCUT2D eigenvalue weighted by molar-refractivity contribution is 9.10. The lowest BCUT2D eigenvalue weighted by Gasteiger charge is -2.24. The zero-order valence-electron chi connectivity index (χ0n) is 5.07. The van der Waals surface area contributed by atoms with E-state index in [1.807, 2.05) is 15.9 Å². The average molecular weight is 218 g/mol. The van der Waals surface area contributed by atoms with Gasteiger partial charge in [0, 0.05) is 0 Å². The molecule has 0 rings (SSSR count). The summed E-state index contributed by atoms with van der Waals surface area (Å²) in [5, 5.41) is 8.14. The van der Waals surface area contributed by atoms with Gasteiger partial charge in [-0.1, -0.05) is 0 Å². The van der Waals surface area contributed by atoms with Crippen molar-refractivity contribution in [1.82, 2.24) is 0 Å². The monoisotopic (exact) mass is 217 g/mol. The van der Waals surface area contributed by atoms with Gasteiger partial charge in [-0.05, 0) is 22.9 Å². The van der Waals surface area contributed by atoms with Crippen molar-refractivity contribution in [3.8, 4) is 0 Å². The van der Waals surface area contributed by atoms with Crippen molar-refractivity contribution in [3.05, 3.63) is 0 Å². The summed E-state index contributed by atoms with van der Waals surface area (Å²) in [5.41, 5.74) is 2.18. The molecule has 0 amide bonds. The topological polar surface area (TPSA) is 63.3 Å². The predicted octanol–water partition coefficient (Wildman–Crippen LogP) is 0.776. The van der Waals surface area contributed by atoms with E-state index in [1.165, 1.54) is 0 Å². The van der Waals surface area contributed by atoms with Crippen molar-refractivity contribution in [2.75, 3.05) is 0 Å². The van der Waals surface area contributed by atoms with E-state index in [2.05, 4.69) is 0 Å². The molecule has 0 saturated heterocycles. The van der Waals surface area contributed by atoms with E-state index in [4.69, 9.17) is 10.8 Å². The molecule has 3 nitrogen and oxygen atoms in total. The second-order valence-electron chi connectivity index (χ2n) is 2.01. The van der Waals surface area contributed by atoms with Crippen LogP contribution in [-0.4, -0.2) is 21.4 Å². The average Bonchev–Trinajstić information content (AvgIpc) is 1.62. The van der Waals surface area contributed by atoms with Crippen LogP contribution in [0, 0.1) is 0 Å². The summed E-state index contributed by atoms with van der Waals surface area (Å²) in [6.45, 7) is 0.726. The number of carboxylic acid groups (broad SMARTS) is 1. The van der Waals surface area contributed by atoms with Crippen LogP contribution in [0.1, 0.15) is 6.92 Å². The van der Waals surface area contributed by atoms with Crippen LogP contribution in [0.2, 0.25) is 0 Å². The standard InChI is InChI=1S/C4H6BrF2NO2/c1-3(8,2(9)10)4(5,6)7/h8H2,1H3,(H,9,10)/t3-/m1/s1. The molecule has 0 fully saturated rings. The molecule has 0 aromatic heterocycles. The van der Waals surface area contributed by atoms with Crippen molar-refractivity contribution >= 4 is 21.9 Å². The van der Waals surface area contributed by atoms with E-state index in [1.54, 1.807) is 0 Å². The zero-order valence-corrected chi connectivity index (χ0v) is 6.65. The second-order valence-corrected chi connectivity index (χ2v) is 3.00. The Morgan fingerprint density at radius 2 is 2.00 bits per heavy atom. The van der Waals surface area contributed by atoms with E-state index in [9.17, 15) is 13.6 Å². The van der Waals surface area contributed by atoms with Gasteiger partial charge in [0.05, 0.1) is 0 Å². The summed E-state index contributed by atoms with van der Waals surface area (Å²) in [6.07, 6.45) is 0. The Labute approximate surface area is 64.3 Å². The lowest BCUT2D eigenvalue weighted by Crippen LogP contribution is -2.56. The Kier molecular flexibility index (Phi) is 2.37. The maximum atomic E-state index is 12.2. The molecule has 60 valence electrons. The maximum absolute atomic E-state index is 12.2. The molecule has 1 atom stereocenters. The van der Waals surface area contributed by atoms with Gasteiger partial charge in [-0.25, -0.2) is 4.79 Å². The molecule has 0 bridgehead atoms. The predicted molar refractivity (Wildman–Crippen MR) is 34.1 cm³/mol. The number of rotatable bonds is 2. The molecule has 0 aliphatic carbocycles. The minimum absolute atomic E-state index is 0.726. The Bertz CT molecular complexity index is 154. The molecular weight excluding hydrogens is 212 g/mol. The normalized spacial score (nSPS) is 18.1. The summed E-state index contributed by atoms with van der Waals surface area (Å²) in [7, 11) is 0. The molecular formula is C4H6BrF2NO2. The minimum atomic E-state index is -3.59. The molecule has 0 radical (unpaired) electrons. The van der Waals surface area contributed by atoms with Crippen LogP contribution in [0.3, 0.4) is 0 Å². The van der Waals surface area contributed by atoms with E-state index in [-0.39, 0.29) is 0 Å². The lowest BCUT2D eigenvalue weighted by atomic mass is 10.1. The first-order chi connectivity index (χ1) is 4.19. The third-order valence-electron chi connectivity index (χ3n) is 1.03. The van der Waals surface area contributed by atoms with Crippen LogP contribution in [0.5, 0.6) is 0 Å².